The zero-order valence-electron chi connectivity index (χ0n) is 13.9. The summed E-state index contributed by atoms with van der Waals surface area (Å²) in [6.45, 7) is 3.47. The maximum absolute atomic E-state index is 13.0. The number of rotatable bonds is 4. The van der Waals surface area contributed by atoms with Crippen molar-refractivity contribution in [1.82, 2.24) is 4.90 Å². The third-order valence-corrected chi connectivity index (χ3v) is 4.74. The van der Waals surface area contributed by atoms with Crippen LogP contribution in [0.15, 0.2) is 48.5 Å². The number of halogens is 1. The second-order valence-electron chi connectivity index (χ2n) is 6.66. The number of amides is 1. The fraction of sp³-hybridized carbons (Fsp3) is 0.350. The second kappa shape index (κ2) is 7.14. The maximum atomic E-state index is 13.0. The Morgan fingerprint density at radius 1 is 1.21 bits per heavy atom. The Hall–Kier alpha value is -2.20. The van der Waals surface area contributed by atoms with Gasteiger partial charge < -0.3 is 10.6 Å². The first-order valence-electron chi connectivity index (χ1n) is 8.38. The van der Waals surface area contributed by atoms with Crippen molar-refractivity contribution in [3.63, 3.8) is 0 Å². The van der Waals surface area contributed by atoms with Gasteiger partial charge >= 0.3 is 0 Å². The molecule has 2 aromatic carbocycles. The van der Waals surface area contributed by atoms with Gasteiger partial charge in [0.15, 0.2) is 0 Å². The summed E-state index contributed by atoms with van der Waals surface area (Å²) in [6.07, 6.45) is 1.83. The third kappa shape index (κ3) is 3.82. The molecule has 1 heterocycles. The molecule has 0 aromatic heterocycles. The molecule has 2 N–H and O–H groups in total. The number of benzene rings is 2. The lowest BCUT2D eigenvalue weighted by atomic mass is 9.99. The number of hydrogen-bond acceptors (Lipinski definition) is 2. The van der Waals surface area contributed by atoms with E-state index in [1.165, 1.54) is 12.1 Å². The Bertz CT molecular complexity index is 697. The van der Waals surface area contributed by atoms with Crippen LogP contribution in [0.3, 0.4) is 0 Å². The average molecular weight is 326 g/mol. The lowest BCUT2D eigenvalue weighted by Crippen LogP contribution is -2.37. The summed E-state index contributed by atoms with van der Waals surface area (Å²) in [5.74, 6) is 0.177. The van der Waals surface area contributed by atoms with Crippen molar-refractivity contribution in [3.05, 3.63) is 71.0 Å². The van der Waals surface area contributed by atoms with Crippen LogP contribution in [0, 0.1) is 18.7 Å². The fourth-order valence-electron chi connectivity index (χ4n) is 3.27. The van der Waals surface area contributed by atoms with Crippen molar-refractivity contribution in [3.8, 4) is 0 Å². The van der Waals surface area contributed by atoms with Gasteiger partial charge in [-0.05, 0) is 48.9 Å². The standard InChI is InChI=1S/C20H23FN2O/c1-14-2-6-17(7-3-14)19(22)20(24)23-11-10-16(13-23)12-15-4-8-18(21)9-5-15/h2-9,16,19H,10-13,22H2,1H3. The van der Waals surface area contributed by atoms with Crippen LogP contribution in [-0.4, -0.2) is 23.9 Å². The number of hydrogen-bond donors (Lipinski definition) is 1. The Labute approximate surface area is 142 Å². The van der Waals surface area contributed by atoms with Crippen LogP contribution in [0.25, 0.3) is 0 Å². The summed E-state index contributed by atoms with van der Waals surface area (Å²) in [5, 5.41) is 0. The molecule has 1 aliphatic heterocycles. The summed E-state index contributed by atoms with van der Waals surface area (Å²) in [7, 11) is 0. The zero-order chi connectivity index (χ0) is 17.1. The van der Waals surface area contributed by atoms with Crippen LogP contribution in [-0.2, 0) is 11.2 Å². The van der Waals surface area contributed by atoms with Gasteiger partial charge in [0.1, 0.15) is 11.9 Å². The SMILES string of the molecule is Cc1ccc(C(N)C(=O)N2CCC(Cc3ccc(F)cc3)C2)cc1. The molecule has 0 saturated carbocycles. The van der Waals surface area contributed by atoms with Crippen molar-refractivity contribution in [2.24, 2.45) is 11.7 Å². The topological polar surface area (TPSA) is 46.3 Å². The Kier molecular flexibility index (Phi) is 4.95. The first-order valence-corrected chi connectivity index (χ1v) is 8.38. The van der Waals surface area contributed by atoms with E-state index < -0.39 is 6.04 Å². The molecule has 1 amide bonds. The first-order chi connectivity index (χ1) is 11.5. The fourth-order valence-corrected chi connectivity index (χ4v) is 3.27. The van der Waals surface area contributed by atoms with Crippen LogP contribution in [0.4, 0.5) is 4.39 Å². The number of likely N-dealkylation sites (tertiary alicyclic amines) is 1. The molecule has 0 radical (unpaired) electrons. The molecule has 0 aliphatic carbocycles. The zero-order valence-corrected chi connectivity index (χ0v) is 13.9. The van der Waals surface area contributed by atoms with Crippen molar-refractivity contribution >= 4 is 5.91 Å². The number of nitrogens with zero attached hydrogens (tertiary/aromatic N) is 1. The highest BCUT2D eigenvalue weighted by atomic mass is 19.1. The van der Waals surface area contributed by atoms with Gasteiger partial charge in [-0.15, -0.1) is 0 Å². The Morgan fingerprint density at radius 3 is 2.54 bits per heavy atom. The lowest BCUT2D eigenvalue weighted by Gasteiger charge is -2.21. The van der Waals surface area contributed by atoms with E-state index in [1.807, 2.05) is 48.2 Å². The van der Waals surface area contributed by atoms with Crippen LogP contribution >= 0.6 is 0 Å². The molecule has 0 spiro atoms. The van der Waals surface area contributed by atoms with E-state index in [0.29, 0.717) is 5.92 Å². The molecular formula is C20H23FN2O. The highest BCUT2D eigenvalue weighted by Gasteiger charge is 2.29. The smallest absolute Gasteiger partial charge is 0.244 e. The number of aryl methyl sites for hydroxylation is 1. The van der Waals surface area contributed by atoms with Gasteiger partial charge in [-0.2, -0.15) is 0 Å². The van der Waals surface area contributed by atoms with E-state index in [9.17, 15) is 9.18 Å². The number of carbonyl (C=O) groups is 1. The van der Waals surface area contributed by atoms with Crippen LogP contribution in [0.2, 0.25) is 0 Å². The molecule has 2 atom stereocenters. The largest absolute Gasteiger partial charge is 0.341 e. The second-order valence-corrected chi connectivity index (χ2v) is 6.66. The predicted molar refractivity (Wildman–Crippen MR) is 92.9 cm³/mol. The summed E-state index contributed by atoms with van der Waals surface area (Å²) >= 11 is 0. The van der Waals surface area contributed by atoms with Crippen molar-refractivity contribution < 1.29 is 9.18 Å². The van der Waals surface area contributed by atoms with Gasteiger partial charge in [-0.25, -0.2) is 4.39 Å². The Morgan fingerprint density at radius 2 is 1.88 bits per heavy atom. The third-order valence-electron chi connectivity index (χ3n) is 4.74. The minimum atomic E-state index is -0.602. The molecule has 126 valence electrons. The summed E-state index contributed by atoms with van der Waals surface area (Å²) in [4.78, 5) is 14.5. The number of nitrogens with two attached hydrogens (primary N) is 1. The van der Waals surface area contributed by atoms with E-state index >= 15 is 0 Å². The average Bonchev–Trinajstić information content (AvgIpc) is 3.05. The van der Waals surface area contributed by atoms with Gasteiger partial charge in [0.25, 0.3) is 0 Å². The first kappa shape index (κ1) is 16.7. The van der Waals surface area contributed by atoms with Crippen molar-refractivity contribution in [2.75, 3.05) is 13.1 Å². The van der Waals surface area contributed by atoms with Crippen LogP contribution < -0.4 is 5.73 Å². The Balaban J connectivity index is 1.59. The van der Waals surface area contributed by atoms with Gasteiger partial charge in [0, 0.05) is 13.1 Å². The molecule has 1 aliphatic rings. The van der Waals surface area contributed by atoms with Gasteiger partial charge in [0.05, 0.1) is 0 Å². The summed E-state index contributed by atoms with van der Waals surface area (Å²) in [5.41, 5.74) is 9.27. The molecule has 3 nitrogen and oxygen atoms in total. The predicted octanol–water partition coefficient (Wildman–Crippen LogP) is 3.23. The molecule has 0 bridgehead atoms. The summed E-state index contributed by atoms with van der Waals surface area (Å²) in [6, 6.07) is 13.8. The molecule has 2 unspecified atom stereocenters. The van der Waals surface area contributed by atoms with E-state index in [2.05, 4.69) is 0 Å². The highest BCUT2D eigenvalue weighted by Crippen LogP contribution is 2.24. The molecular weight excluding hydrogens is 303 g/mol. The van der Waals surface area contributed by atoms with Crippen LogP contribution in [0.1, 0.15) is 29.2 Å². The van der Waals surface area contributed by atoms with Gasteiger partial charge in [0.2, 0.25) is 5.91 Å². The normalized spacial score (nSPS) is 18.6. The molecule has 2 aromatic rings. The quantitative estimate of drug-likeness (QED) is 0.938. The maximum Gasteiger partial charge on any atom is 0.244 e. The van der Waals surface area contributed by atoms with Gasteiger partial charge in [-0.3, -0.25) is 4.79 Å². The van der Waals surface area contributed by atoms with Crippen molar-refractivity contribution in [1.29, 1.82) is 0 Å². The van der Waals surface area contributed by atoms with E-state index in [4.69, 9.17) is 5.73 Å². The van der Waals surface area contributed by atoms with E-state index in [-0.39, 0.29) is 11.7 Å². The van der Waals surface area contributed by atoms with Crippen LogP contribution in [0.5, 0.6) is 0 Å². The van der Waals surface area contributed by atoms with E-state index in [0.717, 1.165) is 42.6 Å². The van der Waals surface area contributed by atoms with E-state index in [1.54, 1.807) is 0 Å². The minimum absolute atomic E-state index is 0.0135. The molecule has 1 saturated heterocycles. The van der Waals surface area contributed by atoms with Gasteiger partial charge in [-0.1, -0.05) is 42.0 Å². The molecule has 3 rings (SSSR count). The molecule has 4 heteroatoms. The molecule has 24 heavy (non-hydrogen) atoms. The monoisotopic (exact) mass is 326 g/mol. The lowest BCUT2D eigenvalue weighted by molar-refractivity contribution is -0.131. The van der Waals surface area contributed by atoms with Crippen molar-refractivity contribution in [2.45, 2.75) is 25.8 Å². The summed E-state index contributed by atoms with van der Waals surface area (Å²) < 4.78 is 13.0. The molecule has 1 fully saturated rings. The minimum Gasteiger partial charge on any atom is -0.341 e. The highest BCUT2D eigenvalue weighted by molar-refractivity contribution is 5.83. The number of carbonyl (C=O) groups excluding carboxylic acids is 1.